The number of hydrogen-bond donors (Lipinski definition) is 1. The minimum atomic E-state index is -0.620. The monoisotopic (exact) mass is 469 g/mol. The zero-order chi connectivity index (χ0) is 23.9. The summed E-state index contributed by atoms with van der Waals surface area (Å²) in [5, 5.41) is 3.03. The molecule has 2 aromatic rings. The van der Waals surface area contributed by atoms with Gasteiger partial charge >= 0.3 is 0 Å². The number of pyridine rings is 2. The van der Waals surface area contributed by atoms with Crippen LogP contribution in [0.15, 0.2) is 35.2 Å². The summed E-state index contributed by atoms with van der Waals surface area (Å²) in [6.07, 6.45) is 4.87. The lowest BCUT2D eigenvalue weighted by atomic mass is 9.76. The highest BCUT2D eigenvalue weighted by Crippen LogP contribution is 2.43. The Morgan fingerprint density at radius 2 is 1.97 bits per heavy atom. The summed E-state index contributed by atoms with van der Waals surface area (Å²) < 4.78 is 21.7. The van der Waals surface area contributed by atoms with Gasteiger partial charge in [-0.1, -0.05) is 31.0 Å². The van der Waals surface area contributed by atoms with Crippen molar-refractivity contribution >= 4 is 28.9 Å². The van der Waals surface area contributed by atoms with Gasteiger partial charge in [-0.15, -0.1) is 0 Å². The van der Waals surface area contributed by atoms with Crippen LogP contribution in [-0.4, -0.2) is 28.2 Å². The maximum Gasteiger partial charge on any atom is 0.256 e. The van der Waals surface area contributed by atoms with Gasteiger partial charge in [0, 0.05) is 36.1 Å². The number of rotatable bonds is 5. The molecule has 2 aromatic heterocycles. The van der Waals surface area contributed by atoms with E-state index >= 15 is 4.39 Å². The second kappa shape index (κ2) is 9.06. The van der Waals surface area contributed by atoms with Crippen LogP contribution in [-0.2, 0) is 11.2 Å². The fourth-order valence-electron chi connectivity index (χ4n) is 4.53. The number of amides is 1. The molecule has 0 saturated heterocycles. The largest absolute Gasteiger partial charge is 0.436 e. The quantitative estimate of drug-likeness (QED) is 0.464. The minimum absolute atomic E-state index is 0.0398. The number of aromatic nitrogens is 2. The van der Waals surface area contributed by atoms with E-state index in [9.17, 15) is 9.59 Å². The van der Waals surface area contributed by atoms with E-state index in [1.165, 1.54) is 19.2 Å². The standard InChI is InChI=1S/C25H25ClFN3O3/c1-12(2)20-16(21-13(3)7-8-28-24(21)32)6-5-15-10-30-25(23(27)22(15)20)33-18-9-19(26)29-11-17(18)14(4)31/h9-12H,5-8H2,1-4H3,(H,28,32). The molecule has 6 nitrogen and oxygen atoms in total. The third kappa shape index (κ3) is 4.29. The van der Waals surface area contributed by atoms with Crippen molar-refractivity contribution in [1.82, 2.24) is 15.3 Å². The van der Waals surface area contributed by atoms with E-state index in [0.29, 0.717) is 30.5 Å². The SMILES string of the molecule is CC(=O)c1cnc(Cl)cc1Oc1ncc2c(c1F)C(C(C)C)=C(C1=C(C)CCNC1=O)CC2. The van der Waals surface area contributed by atoms with Crippen molar-refractivity contribution in [2.24, 2.45) is 5.92 Å². The van der Waals surface area contributed by atoms with Gasteiger partial charge in [0.25, 0.3) is 11.8 Å². The highest BCUT2D eigenvalue weighted by molar-refractivity contribution is 6.29. The number of Topliss-reactive ketones (excluding diaryl/α,β-unsaturated/α-hetero) is 1. The van der Waals surface area contributed by atoms with Crippen molar-refractivity contribution in [3.63, 3.8) is 0 Å². The van der Waals surface area contributed by atoms with Gasteiger partial charge in [-0.25, -0.2) is 14.4 Å². The first-order valence-corrected chi connectivity index (χ1v) is 11.3. The van der Waals surface area contributed by atoms with Crippen LogP contribution in [0.1, 0.15) is 62.0 Å². The summed E-state index contributed by atoms with van der Waals surface area (Å²) in [7, 11) is 0. The number of aryl methyl sites for hydroxylation is 1. The molecule has 172 valence electrons. The van der Waals surface area contributed by atoms with Crippen LogP contribution in [0.3, 0.4) is 0 Å². The number of carbonyl (C=O) groups is 2. The predicted octanol–water partition coefficient (Wildman–Crippen LogP) is 5.46. The molecule has 1 N–H and O–H groups in total. The first-order valence-electron chi connectivity index (χ1n) is 10.9. The molecular formula is C25H25ClFN3O3. The van der Waals surface area contributed by atoms with Gasteiger partial charge in [0.15, 0.2) is 11.6 Å². The van der Waals surface area contributed by atoms with Crippen molar-refractivity contribution in [2.45, 2.75) is 47.0 Å². The van der Waals surface area contributed by atoms with Gasteiger partial charge in [0.2, 0.25) is 0 Å². The second-order valence-electron chi connectivity index (χ2n) is 8.65. The maximum absolute atomic E-state index is 15.9. The molecule has 0 saturated carbocycles. The zero-order valence-electron chi connectivity index (χ0n) is 19.0. The molecule has 1 amide bonds. The van der Waals surface area contributed by atoms with Crippen LogP contribution in [0, 0.1) is 11.7 Å². The first-order chi connectivity index (χ1) is 15.7. The summed E-state index contributed by atoms with van der Waals surface area (Å²) >= 11 is 5.97. The minimum Gasteiger partial charge on any atom is -0.436 e. The van der Waals surface area contributed by atoms with Crippen LogP contribution in [0.25, 0.3) is 5.57 Å². The molecule has 0 unspecified atom stereocenters. The number of hydrogen-bond acceptors (Lipinski definition) is 5. The predicted molar refractivity (Wildman–Crippen MR) is 124 cm³/mol. The Morgan fingerprint density at radius 1 is 1.21 bits per heavy atom. The smallest absolute Gasteiger partial charge is 0.256 e. The van der Waals surface area contributed by atoms with E-state index in [1.54, 1.807) is 6.20 Å². The van der Waals surface area contributed by atoms with Crippen molar-refractivity contribution < 1.29 is 18.7 Å². The Bertz CT molecular complexity index is 1230. The Balaban J connectivity index is 1.88. The van der Waals surface area contributed by atoms with Gasteiger partial charge in [-0.2, -0.15) is 0 Å². The molecule has 2 aliphatic rings. The molecule has 0 spiro atoms. The lowest BCUT2D eigenvalue weighted by Crippen LogP contribution is -2.33. The lowest BCUT2D eigenvalue weighted by molar-refractivity contribution is -0.117. The van der Waals surface area contributed by atoms with E-state index < -0.39 is 5.82 Å². The van der Waals surface area contributed by atoms with Crippen molar-refractivity contribution in [3.8, 4) is 11.6 Å². The number of ketones is 1. The fourth-order valence-corrected chi connectivity index (χ4v) is 4.68. The average molecular weight is 470 g/mol. The first kappa shape index (κ1) is 23.1. The number of ether oxygens (including phenoxy) is 1. The molecule has 1 aliphatic heterocycles. The molecule has 0 fully saturated rings. The maximum atomic E-state index is 15.9. The number of allylic oxidation sites excluding steroid dienone is 1. The third-order valence-corrected chi connectivity index (χ3v) is 6.25. The summed E-state index contributed by atoms with van der Waals surface area (Å²) in [5.74, 6) is -1.23. The molecule has 3 heterocycles. The van der Waals surface area contributed by atoms with Crippen molar-refractivity contribution in [3.05, 3.63) is 62.8 Å². The highest BCUT2D eigenvalue weighted by atomic mass is 35.5. The number of nitrogens with one attached hydrogen (secondary N) is 1. The topological polar surface area (TPSA) is 81.2 Å². The van der Waals surface area contributed by atoms with E-state index in [0.717, 1.165) is 28.7 Å². The highest BCUT2D eigenvalue weighted by Gasteiger charge is 2.32. The Labute approximate surface area is 196 Å². The van der Waals surface area contributed by atoms with Gasteiger partial charge in [0.1, 0.15) is 10.9 Å². The zero-order valence-corrected chi connectivity index (χ0v) is 19.8. The van der Waals surface area contributed by atoms with Gasteiger partial charge < -0.3 is 10.1 Å². The molecule has 8 heteroatoms. The summed E-state index contributed by atoms with van der Waals surface area (Å²) in [5.41, 5.74) is 4.69. The molecule has 0 aromatic carbocycles. The van der Waals surface area contributed by atoms with Crippen molar-refractivity contribution in [1.29, 1.82) is 0 Å². The molecule has 0 bridgehead atoms. The number of halogens is 2. The normalized spacial score (nSPS) is 16.2. The Kier molecular flexibility index (Phi) is 6.34. The van der Waals surface area contributed by atoms with E-state index in [2.05, 4.69) is 15.3 Å². The van der Waals surface area contributed by atoms with Gasteiger partial charge in [0.05, 0.1) is 5.56 Å². The van der Waals surface area contributed by atoms with Gasteiger partial charge in [-0.05, 0) is 55.7 Å². The molecule has 0 radical (unpaired) electrons. The summed E-state index contributed by atoms with van der Waals surface area (Å²) in [6.45, 7) is 7.90. The number of fused-ring (bicyclic) bond motifs is 1. The van der Waals surface area contributed by atoms with Crippen LogP contribution >= 0.6 is 11.6 Å². The van der Waals surface area contributed by atoms with Crippen LogP contribution < -0.4 is 10.1 Å². The Morgan fingerprint density at radius 3 is 2.64 bits per heavy atom. The fraction of sp³-hybridized carbons (Fsp3) is 0.360. The molecule has 4 rings (SSSR count). The van der Waals surface area contributed by atoms with Gasteiger partial charge in [-0.3, -0.25) is 9.59 Å². The van der Waals surface area contributed by atoms with Crippen LogP contribution in [0.5, 0.6) is 11.6 Å². The molecular weight excluding hydrogens is 445 g/mol. The summed E-state index contributed by atoms with van der Waals surface area (Å²) in [6, 6.07) is 1.37. The number of nitrogens with zero attached hydrogens (tertiary/aromatic N) is 2. The third-order valence-electron chi connectivity index (χ3n) is 6.04. The molecule has 33 heavy (non-hydrogen) atoms. The van der Waals surface area contributed by atoms with Crippen LogP contribution in [0.4, 0.5) is 4.39 Å². The molecule has 0 atom stereocenters. The van der Waals surface area contributed by atoms with Crippen LogP contribution in [0.2, 0.25) is 5.15 Å². The molecule has 1 aliphatic carbocycles. The second-order valence-corrected chi connectivity index (χ2v) is 9.03. The number of carbonyl (C=O) groups excluding carboxylic acids is 2. The van der Waals surface area contributed by atoms with E-state index in [4.69, 9.17) is 16.3 Å². The summed E-state index contributed by atoms with van der Waals surface area (Å²) in [4.78, 5) is 32.8. The lowest BCUT2D eigenvalue weighted by Gasteiger charge is -2.30. The van der Waals surface area contributed by atoms with E-state index in [-0.39, 0.29) is 40.0 Å². The van der Waals surface area contributed by atoms with Crippen molar-refractivity contribution in [2.75, 3.05) is 6.54 Å². The van der Waals surface area contributed by atoms with E-state index in [1.807, 2.05) is 20.8 Å². The Hall–Kier alpha value is -3.06. The average Bonchev–Trinajstić information content (AvgIpc) is 2.75.